The lowest BCUT2D eigenvalue weighted by Gasteiger charge is -1.92. The van der Waals surface area contributed by atoms with E-state index in [1.807, 2.05) is 45.1 Å². The average molecular weight is 228 g/mol. The molecule has 0 amide bonds. The molecule has 0 aliphatic heterocycles. The van der Waals surface area contributed by atoms with Crippen LogP contribution in [0.3, 0.4) is 0 Å². The summed E-state index contributed by atoms with van der Waals surface area (Å²) in [7, 11) is 0. The van der Waals surface area contributed by atoms with Gasteiger partial charge in [0.2, 0.25) is 0 Å². The van der Waals surface area contributed by atoms with Crippen molar-refractivity contribution >= 4 is 23.1 Å². The minimum Gasteiger partial charge on any atom is -0.456 e. The number of fused-ring (bicyclic) bond motifs is 1. The highest BCUT2D eigenvalue weighted by molar-refractivity contribution is 5.91. The predicted octanol–water partition coefficient (Wildman–Crippen LogP) is 5.44. The largest absolute Gasteiger partial charge is 0.456 e. The summed E-state index contributed by atoms with van der Waals surface area (Å²) in [5.41, 5.74) is 3.23. The maximum absolute atomic E-state index is 5.73. The first kappa shape index (κ1) is 13.3. The Labute approximate surface area is 103 Å². The molecule has 0 unspecified atom stereocenters. The van der Waals surface area contributed by atoms with Gasteiger partial charge in [0, 0.05) is 10.9 Å². The number of rotatable bonds is 2. The molecule has 1 heteroatoms. The lowest BCUT2D eigenvalue weighted by Crippen LogP contribution is -1.73. The highest BCUT2D eigenvalue weighted by atomic mass is 16.3. The molecule has 0 N–H and O–H groups in total. The molecule has 0 saturated heterocycles. The number of hydrogen-bond acceptors (Lipinski definition) is 1. The number of hydrogen-bond donors (Lipinski definition) is 0. The lowest BCUT2D eigenvalue weighted by molar-refractivity contribution is 0.603. The highest BCUT2D eigenvalue weighted by Crippen LogP contribution is 2.28. The van der Waals surface area contributed by atoms with Gasteiger partial charge in [0.25, 0.3) is 0 Å². The van der Waals surface area contributed by atoms with Crippen LogP contribution in [0.5, 0.6) is 0 Å². The number of allylic oxidation sites excluding steroid dienone is 1. The first-order chi connectivity index (χ1) is 8.26. The van der Waals surface area contributed by atoms with Crippen LogP contribution in [-0.2, 0) is 0 Å². The van der Waals surface area contributed by atoms with Crippen LogP contribution >= 0.6 is 0 Å². The standard InChI is InChI=1S/C14H14O.C2H6/c1-4-6-13-11(5-2)12-9-10(3)7-8-14(12)15-13;1-2/h4-9H,2H2,1,3H3;1-2H3/b6-4-;. The zero-order valence-corrected chi connectivity index (χ0v) is 11.1. The van der Waals surface area contributed by atoms with E-state index in [0.717, 1.165) is 22.3 Å². The van der Waals surface area contributed by atoms with Crippen molar-refractivity contribution in [2.45, 2.75) is 27.7 Å². The van der Waals surface area contributed by atoms with E-state index in [1.165, 1.54) is 5.56 Å². The van der Waals surface area contributed by atoms with Crippen LogP contribution in [-0.4, -0.2) is 0 Å². The van der Waals surface area contributed by atoms with Gasteiger partial charge in [-0.25, -0.2) is 0 Å². The van der Waals surface area contributed by atoms with E-state index in [9.17, 15) is 0 Å². The molecule has 17 heavy (non-hydrogen) atoms. The third kappa shape index (κ3) is 2.68. The minimum atomic E-state index is 0.883. The molecule has 0 aliphatic rings. The fraction of sp³-hybridized carbons (Fsp3) is 0.250. The van der Waals surface area contributed by atoms with E-state index in [2.05, 4.69) is 25.6 Å². The van der Waals surface area contributed by atoms with E-state index < -0.39 is 0 Å². The monoisotopic (exact) mass is 228 g/mol. The van der Waals surface area contributed by atoms with Crippen LogP contribution in [0.25, 0.3) is 23.1 Å². The van der Waals surface area contributed by atoms with Gasteiger partial charge in [-0.2, -0.15) is 0 Å². The Balaban J connectivity index is 0.000000686. The van der Waals surface area contributed by atoms with Gasteiger partial charge in [0.15, 0.2) is 0 Å². The number of benzene rings is 1. The second kappa shape index (κ2) is 6.09. The average Bonchev–Trinajstić information content (AvgIpc) is 2.69. The first-order valence-electron chi connectivity index (χ1n) is 6.04. The first-order valence-corrected chi connectivity index (χ1v) is 6.04. The van der Waals surface area contributed by atoms with Crippen molar-refractivity contribution in [2.24, 2.45) is 0 Å². The van der Waals surface area contributed by atoms with E-state index in [-0.39, 0.29) is 0 Å². The van der Waals surface area contributed by atoms with Crippen LogP contribution in [0.15, 0.2) is 35.3 Å². The molecule has 0 fully saturated rings. The molecule has 1 heterocycles. The van der Waals surface area contributed by atoms with Crippen molar-refractivity contribution in [3.63, 3.8) is 0 Å². The fourth-order valence-corrected chi connectivity index (χ4v) is 1.74. The Hall–Kier alpha value is -1.76. The predicted molar refractivity (Wildman–Crippen MR) is 77.1 cm³/mol. The van der Waals surface area contributed by atoms with Gasteiger partial charge in [-0.3, -0.25) is 0 Å². The molecule has 2 rings (SSSR count). The summed E-state index contributed by atoms with van der Waals surface area (Å²) in [6.07, 6.45) is 5.78. The molecular weight excluding hydrogens is 208 g/mol. The Morgan fingerprint density at radius 1 is 1.24 bits per heavy atom. The zero-order valence-electron chi connectivity index (χ0n) is 11.1. The number of aryl methyl sites for hydroxylation is 1. The van der Waals surface area contributed by atoms with Crippen LogP contribution in [0.2, 0.25) is 0 Å². The van der Waals surface area contributed by atoms with E-state index in [1.54, 1.807) is 0 Å². The molecule has 0 bridgehead atoms. The van der Waals surface area contributed by atoms with Crippen LogP contribution in [0, 0.1) is 6.92 Å². The Bertz CT molecular complexity index is 530. The molecule has 0 aliphatic carbocycles. The van der Waals surface area contributed by atoms with Gasteiger partial charge in [0.1, 0.15) is 11.3 Å². The molecular formula is C16H20O. The summed E-state index contributed by atoms with van der Waals surface area (Å²) in [5.74, 6) is 0.883. The maximum Gasteiger partial charge on any atom is 0.135 e. The summed E-state index contributed by atoms with van der Waals surface area (Å²) < 4.78 is 5.73. The molecule has 0 radical (unpaired) electrons. The van der Waals surface area contributed by atoms with Gasteiger partial charge >= 0.3 is 0 Å². The third-order valence-corrected chi connectivity index (χ3v) is 2.43. The van der Waals surface area contributed by atoms with Crippen LogP contribution in [0.4, 0.5) is 0 Å². The molecule has 2 aromatic rings. The van der Waals surface area contributed by atoms with Gasteiger partial charge in [0.05, 0.1) is 0 Å². The van der Waals surface area contributed by atoms with Crippen LogP contribution in [0.1, 0.15) is 37.7 Å². The summed E-state index contributed by atoms with van der Waals surface area (Å²) in [6.45, 7) is 11.9. The fourth-order valence-electron chi connectivity index (χ4n) is 1.74. The lowest BCUT2D eigenvalue weighted by atomic mass is 10.1. The molecule has 0 atom stereocenters. The second-order valence-corrected chi connectivity index (χ2v) is 3.58. The maximum atomic E-state index is 5.73. The van der Waals surface area contributed by atoms with Crippen LogP contribution < -0.4 is 0 Å². The smallest absolute Gasteiger partial charge is 0.135 e. The second-order valence-electron chi connectivity index (χ2n) is 3.58. The molecule has 1 aromatic carbocycles. The molecule has 90 valence electrons. The summed E-state index contributed by atoms with van der Waals surface area (Å²) in [6, 6.07) is 6.19. The quantitative estimate of drug-likeness (QED) is 0.666. The Kier molecular flexibility index (Phi) is 4.77. The van der Waals surface area contributed by atoms with Gasteiger partial charge < -0.3 is 4.42 Å². The molecule has 1 aromatic heterocycles. The normalized spacial score (nSPS) is 10.4. The Morgan fingerprint density at radius 3 is 2.53 bits per heavy atom. The molecule has 0 saturated carbocycles. The highest BCUT2D eigenvalue weighted by Gasteiger charge is 2.08. The van der Waals surface area contributed by atoms with E-state index in [4.69, 9.17) is 4.42 Å². The van der Waals surface area contributed by atoms with Crippen molar-refractivity contribution in [2.75, 3.05) is 0 Å². The Morgan fingerprint density at radius 2 is 1.94 bits per heavy atom. The summed E-state index contributed by atoms with van der Waals surface area (Å²) >= 11 is 0. The van der Waals surface area contributed by atoms with Crippen molar-refractivity contribution in [1.82, 2.24) is 0 Å². The van der Waals surface area contributed by atoms with Crippen molar-refractivity contribution in [3.8, 4) is 0 Å². The van der Waals surface area contributed by atoms with Gasteiger partial charge in [-0.15, -0.1) is 0 Å². The van der Waals surface area contributed by atoms with Gasteiger partial charge in [-0.05, 0) is 32.1 Å². The topological polar surface area (TPSA) is 13.1 Å². The minimum absolute atomic E-state index is 0.883. The van der Waals surface area contributed by atoms with Crippen molar-refractivity contribution in [1.29, 1.82) is 0 Å². The molecule has 0 spiro atoms. The van der Waals surface area contributed by atoms with E-state index >= 15 is 0 Å². The van der Waals surface area contributed by atoms with E-state index in [0.29, 0.717) is 0 Å². The van der Waals surface area contributed by atoms with Crippen molar-refractivity contribution in [3.05, 3.63) is 47.7 Å². The van der Waals surface area contributed by atoms with Gasteiger partial charge in [-0.1, -0.05) is 44.2 Å². The third-order valence-electron chi connectivity index (χ3n) is 2.43. The van der Waals surface area contributed by atoms with Crippen molar-refractivity contribution < 1.29 is 4.42 Å². The summed E-state index contributed by atoms with van der Waals surface area (Å²) in [5, 5.41) is 1.14. The zero-order chi connectivity index (χ0) is 12.8. The summed E-state index contributed by atoms with van der Waals surface area (Å²) in [4.78, 5) is 0. The SMILES string of the molecule is C=Cc1c(/C=C\C)oc2ccc(C)cc12.CC. The molecule has 1 nitrogen and oxygen atoms in total. The number of furan rings is 1.